The minimum absolute atomic E-state index is 0.441. The van der Waals surface area contributed by atoms with Crippen molar-refractivity contribution in [2.45, 2.75) is 39.3 Å². The first-order valence-corrected chi connectivity index (χ1v) is 6.70. The molecule has 1 unspecified atom stereocenters. The summed E-state index contributed by atoms with van der Waals surface area (Å²) in [6.45, 7) is 5.19. The third kappa shape index (κ3) is 3.98. The maximum Gasteiger partial charge on any atom is 0.0314 e. The number of hydrogen-bond donors (Lipinski definition) is 1. The van der Waals surface area contributed by atoms with Crippen molar-refractivity contribution >= 4 is 27.3 Å². The van der Waals surface area contributed by atoms with Crippen molar-refractivity contribution in [2.75, 3.05) is 0 Å². The summed E-state index contributed by atoms with van der Waals surface area (Å²) >= 11 is 5.35. The van der Waals surface area contributed by atoms with Gasteiger partial charge in [-0.1, -0.05) is 6.92 Å². The van der Waals surface area contributed by atoms with E-state index in [9.17, 15) is 0 Å². The maximum absolute atomic E-state index is 5.31. The van der Waals surface area contributed by atoms with Crippen LogP contribution < -0.4 is 5.32 Å². The highest BCUT2D eigenvalue weighted by Crippen LogP contribution is 2.26. The van der Waals surface area contributed by atoms with Gasteiger partial charge in [0.15, 0.2) is 0 Å². The van der Waals surface area contributed by atoms with Crippen molar-refractivity contribution < 1.29 is 0 Å². The molecule has 1 heterocycles. The Morgan fingerprint density at radius 3 is 2.87 bits per heavy atom. The van der Waals surface area contributed by atoms with Crippen LogP contribution in [0, 0.1) is 19.3 Å². The van der Waals surface area contributed by atoms with Gasteiger partial charge in [-0.05, 0) is 35.3 Å². The molecule has 3 heteroatoms. The molecule has 0 saturated heterocycles. The van der Waals surface area contributed by atoms with Gasteiger partial charge in [0.2, 0.25) is 0 Å². The monoisotopic (exact) mass is 285 g/mol. The van der Waals surface area contributed by atoms with Crippen LogP contribution in [0.25, 0.3) is 0 Å². The summed E-state index contributed by atoms with van der Waals surface area (Å²) in [5.74, 6) is 2.70. The molecule has 0 bridgehead atoms. The van der Waals surface area contributed by atoms with E-state index < -0.39 is 0 Å². The van der Waals surface area contributed by atoms with Crippen molar-refractivity contribution in [3.8, 4) is 12.3 Å². The zero-order valence-corrected chi connectivity index (χ0v) is 11.5. The van der Waals surface area contributed by atoms with E-state index in [1.54, 1.807) is 0 Å². The van der Waals surface area contributed by atoms with Crippen molar-refractivity contribution in [1.29, 1.82) is 0 Å². The lowest BCUT2D eigenvalue weighted by Crippen LogP contribution is -2.26. The van der Waals surface area contributed by atoms with Crippen LogP contribution in [-0.4, -0.2) is 6.04 Å². The Balaban J connectivity index is 2.46. The predicted octanol–water partition coefficient (Wildman–Crippen LogP) is 3.71. The number of terminal acetylenes is 1. The summed E-state index contributed by atoms with van der Waals surface area (Å²) < 4.78 is 1.20. The van der Waals surface area contributed by atoms with Gasteiger partial charge in [0.1, 0.15) is 0 Å². The average molecular weight is 286 g/mol. The fourth-order valence-corrected chi connectivity index (χ4v) is 2.91. The maximum atomic E-state index is 5.31. The van der Waals surface area contributed by atoms with Crippen molar-refractivity contribution in [2.24, 2.45) is 0 Å². The summed E-state index contributed by atoms with van der Waals surface area (Å²) in [4.78, 5) is 2.69. The van der Waals surface area contributed by atoms with E-state index in [0.717, 1.165) is 19.4 Å². The van der Waals surface area contributed by atoms with Crippen LogP contribution in [0.4, 0.5) is 0 Å². The molecule has 1 rings (SSSR count). The first-order chi connectivity index (χ1) is 7.17. The highest BCUT2D eigenvalue weighted by Gasteiger charge is 2.06. The lowest BCUT2D eigenvalue weighted by molar-refractivity contribution is 0.509. The molecule has 0 spiro atoms. The lowest BCUT2D eigenvalue weighted by atomic mass is 10.1. The summed E-state index contributed by atoms with van der Waals surface area (Å²) in [6.07, 6.45) is 7.19. The Morgan fingerprint density at radius 1 is 1.67 bits per heavy atom. The SMILES string of the molecule is C#CCC(CC)NCc1cc(Br)c(C)s1. The van der Waals surface area contributed by atoms with E-state index in [0.29, 0.717) is 6.04 Å². The van der Waals surface area contributed by atoms with Gasteiger partial charge in [0, 0.05) is 33.2 Å². The first-order valence-electron chi connectivity index (χ1n) is 5.09. The average Bonchev–Trinajstić information content (AvgIpc) is 2.53. The molecule has 0 amide bonds. The predicted molar refractivity (Wildman–Crippen MR) is 71.1 cm³/mol. The number of aryl methyl sites for hydroxylation is 1. The number of rotatable bonds is 5. The lowest BCUT2D eigenvalue weighted by Gasteiger charge is -2.12. The van der Waals surface area contributed by atoms with Crippen LogP contribution in [0.15, 0.2) is 10.5 Å². The Morgan fingerprint density at radius 2 is 2.40 bits per heavy atom. The van der Waals surface area contributed by atoms with E-state index in [1.165, 1.54) is 14.2 Å². The molecule has 82 valence electrons. The third-order valence-electron chi connectivity index (χ3n) is 2.33. The van der Waals surface area contributed by atoms with Gasteiger partial charge in [-0.3, -0.25) is 0 Å². The zero-order valence-electron chi connectivity index (χ0n) is 9.14. The molecule has 0 saturated carbocycles. The zero-order chi connectivity index (χ0) is 11.3. The number of nitrogens with one attached hydrogen (secondary N) is 1. The topological polar surface area (TPSA) is 12.0 Å². The second kappa shape index (κ2) is 6.32. The van der Waals surface area contributed by atoms with Crippen molar-refractivity contribution in [3.63, 3.8) is 0 Å². The molecule has 0 fully saturated rings. The molecule has 0 aliphatic heterocycles. The van der Waals surface area contributed by atoms with Crippen LogP contribution in [0.1, 0.15) is 29.5 Å². The molecular weight excluding hydrogens is 270 g/mol. The van der Waals surface area contributed by atoms with Crippen LogP contribution in [-0.2, 0) is 6.54 Å². The van der Waals surface area contributed by atoms with E-state index in [4.69, 9.17) is 6.42 Å². The van der Waals surface area contributed by atoms with Crippen LogP contribution in [0.5, 0.6) is 0 Å². The van der Waals surface area contributed by atoms with E-state index in [-0.39, 0.29) is 0 Å². The second-order valence-electron chi connectivity index (χ2n) is 3.51. The van der Waals surface area contributed by atoms with Gasteiger partial charge in [-0.25, -0.2) is 0 Å². The van der Waals surface area contributed by atoms with E-state index >= 15 is 0 Å². The molecular formula is C12H16BrNS. The molecule has 1 atom stereocenters. The second-order valence-corrected chi connectivity index (χ2v) is 5.71. The van der Waals surface area contributed by atoms with Gasteiger partial charge >= 0.3 is 0 Å². The van der Waals surface area contributed by atoms with Crippen LogP contribution in [0.2, 0.25) is 0 Å². The van der Waals surface area contributed by atoms with Gasteiger partial charge in [-0.15, -0.1) is 23.7 Å². The number of thiophene rings is 1. The van der Waals surface area contributed by atoms with Gasteiger partial charge in [0.25, 0.3) is 0 Å². The summed E-state index contributed by atoms with van der Waals surface area (Å²) in [5.41, 5.74) is 0. The third-order valence-corrected chi connectivity index (χ3v) is 4.47. The van der Waals surface area contributed by atoms with Gasteiger partial charge in [-0.2, -0.15) is 0 Å². The van der Waals surface area contributed by atoms with Crippen molar-refractivity contribution in [3.05, 3.63) is 20.3 Å². The van der Waals surface area contributed by atoms with Gasteiger partial charge < -0.3 is 5.32 Å². The van der Waals surface area contributed by atoms with E-state index in [2.05, 4.69) is 47.1 Å². The standard InChI is InChI=1S/C12H16BrNS/c1-4-6-10(5-2)14-8-11-7-12(13)9(3)15-11/h1,7,10,14H,5-6,8H2,2-3H3. The summed E-state index contributed by atoms with van der Waals surface area (Å²) in [6, 6.07) is 2.62. The number of hydrogen-bond acceptors (Lipinski definition) is 2. The molecule has 1 aromatic heterocycles. The first kappa shape index (κ1) is 12.8. The molecule has 1 nitrogen and oxygen atoms in total. The van der Waals surface area contributed by atoms with E-state index in [1.807, 2.05) is 11.3 Å². The molecule has 0 aliphatic rings. The highest BCUT2D eigenvalue weighted by molar-refractivity contribution is 9.10. The Hall–Kier alpha value is -0.300. The molecule has 0 aliphatic carbocycles. The fourth-order valence-electron chi connectivity index (χ4n) is 1.35. The Kier molecular flexibility index (Phi) is 5.38. The summed E-state index contributed by atoms with van der Waals surface area (Å²) in [7, 11) is 0. The fraction of sp³-hybridized carbons (Fsp3) is 0.500. The smallest absolute Gasteiger partial charge is 0.0314 e. The van der Waals surface area contributed by atoms with Crippen LogP contribution >= 0.6 is 27.3 Å². The quantitative estimate of drug-likeness (QED) is 0.814. The molecule has 1 aromatic rings. The summed E-state index contributed by atoms with van der Waals surface area (Å²) in [5, 5.41) is 3.47. The Bertz CT molecular complexity index is 331. The minimum Gasteiger partial charge on any atom is -0.308 e. The Labute approximate surface area is 104 Å². The molecule has 1 N–H and O–H groups in total. The number of halogens is 1. The van der Waals surface area contributed by atoms with Gasteiger partial charge in [0.05, 0.1) is 0 Å². The minimum atomic E-state index is 0.441. The largest absolute Gasteiger partial charge is 0.308 e. The normalized spacial score (nSPS) is 12.4. The molecule has 0 aromatic carbocycles. The molecule has 15 heavy (non-hydrogen) atoms. The van der Waals surface area contributed by atoms with Crippen molar-refractivity contribution in [1.82, 2.24) is 5.32 Å². The molecule has 0 radical (unpaired) electrons. The van der Waals surface area contributed by atoms with Crippen LogP contribution in [0.3, 0.4) is 0 Å². The highest BCUT2D eigenvalue weighted by atomic mass is 79.9.